The number of hydrogen-bond donors (Lipinski definition) is 0. The number of halogens is 1. The first kappa shape index (κ1) is 18.2. The van der Waals surface area contributed by atoms with Crippen LogP contribution in [0.15, 0.2) is 47.0 Å². The lowest BCUT2D eigenvalue weighted by atomic mass is 10.1. The largest absolute Gasteiger partial charge is 0.494 e. The van der Waals surface area contributed by atoms with Crippen molar-refractivity contribution in [2.24, 2.45) is 0 Å². The molecule has 0 N–H and O–H groups in total. The molecule has 4 rings (SSSR count). The molecule has 2 heterocycles. The summed E-state index contributed by atoms with van der Waals surface area (Å²) in [4.78, 5) is 18.6. The second-order valence-electron chi connectivity index (χ2n) is 6.71. The third-order valence-electron chi connectivity index (χ3n) is 4.85. The molecule has 6 nitrogen and oxygen atoms in total. The average molecular weight is 381 g/mol. The minimum atomic E-state index is -0.331. The zero-order chi connectivity index (χ0) is 19.7. The van der Waals surface area contributed by atoms with Gasteiger partial charge in [0, 0.05) is 29.8 Å². The van der Waals surface area contributed by atoms with Crippen molar-refractivity contribution < 1.29 is 18.4 Å². The van der Waals surface area contributed by atoms with Crippen LogP contribution in [-0.2, 0) is 4.79 Å². The van der Waals surface area contributed by atoms with Crippen LogP contribution in [0.1, 0.15) is 30.7 Å². The van der Waals surface area contributed by atoms with Gasteiger partial charge in [-0.2, -0.15) is 4.98 Å². The van der Waals surface area contributed by atoms with Crippen molar-refractivity contribution >= 4 is 11.6 Å². The van der Waals surface area contributed by atoms with E-state index in [2.05, 4.69) is 10.1 Å². The quantitative estimate of drug-likeness (QED) is 0.665. The van der Waals surface area contributed by atoms with Crippen LogP contribution < -0.4 is 9.64 Å². The zero-order valence-corrected chi connectivity index (χ0v) is 15.7. The lowest BCUT2D eigenvalue weighted by molar-refractivity contribution is -0.117. The van der Waals surface area contributed by atoms with Crippen LogP contribution in [0.5, 0.6) is 5.75 Å². The van der Waals surface area contributed by atoms with Gasteiger partial charge in [-0.15, -0.1) is 0 Å². The van der Waals surface area contributed by atoms with Crippen molar-refractivity contribution in [2.45, 2.75) is 26.2 Å². The van der Waals surface area contributed by atoms with Crippen LogP contribution in [0, 0.1) is 12.7 Å². The molecule has 0 radical (unpaired) electrons. The first-order valence-corrected chi connectivity index (χ1v) is 9.19. The number of anilines is 1. The Labute approximate surface area is 161 Å². The molecule has 0 saturated carbocycles. The molecule has 144 valence electrons. The summed E-state index contributed by atoms with van der Waals surface area (Å²) in [7, 11) is 0. The third-order valence-corrected chi connectivity index (χ3v) is 4.85. The fourth-order valence-corrected chi connectivity index (χ4v) is 3.40. The van der Waals surface area contributed by atoms with Gasteiger partial charge in [0.25, 0.3) is 0 Å². The van der Waals surface area contributed by atoms with Gasteiger partial charge in [0.15, 0.2) is 0 Å². The van der Waals surface area contributed by atoms with Gasteiger partial charge < -0.3 is 14.2 Å². The highest BCUT2D eigenvalue weighted by Crippen LogP contribution is 2.34. The Bertz CT molecular complexity index is 1020. The number of carbonyl (C=O) groups is 1. The van der Waals surface area contributed by atoms with Gasteiger partial charge in [0.2, 0.25) is 17.6 Å². The lowest BCUT2D eigenvalue weighted by Gasteiger charge is -2.18. The summed E-state index contributed by atoms with van der Waals surface area (Å²) in [6.07, 6.45) is 0.247. The average Bonchev–Trinajstić information content (AvgIpc) is 3.32. The van der Waals surface area contributed by atoms with Crippen LogP contribution in [0.3, 0.4) is 0 Å². The molecule has 0 bridgehead atoms. The molecule has 1 aliphatic heterocycles. The van der Waals surface area contributed by atoms with Crippen molar-refractivity contribution in [1.29, 1.82) is 0 Å². The van der Waals surface area contributed by atoms with Gasteiger partial charge in [0.1, 0.15) is 11.6 Å². The summed E-state index contributed by atoms with van der Waals surface area (Å²) in [5.41, 5.74) is 1.82. The Hall–Kier alpha value is -3.22. The maximum absolute atomic E-state index is 13.9. The summed E-state index contributed by atoms with van der Waals surface area (Å²) < 4.78 is 24.8. The van der Waals surface area contributed by atoms with Gasteiger partial charge >= 0.3 is 0 Å². The number of benzene rings is 2. The third kappa shape index (κ3) is 3.35. The number of rotatable bonds is 5. The van der Waals surface area contributed by atoms with E-state index in [-0.39, 0.29) is 24.1 Å². The molecule has 0 aliphatic carbocycles. The van der Waals surface area contributed by atoms with E-state index < -0.39 is 0 Å². The highest BCUT2D eigenvalue weighted by Gasteiger charge is 2.36. The molecule has 1 aromatic heterocycles. The number of nitrogens with zero attached hydrogens (tertiary/aromatic N) is 3. The van der Waals surface area contributed by atoms with Crippen molar-refractivity contribution in [3.8, 4) is 17.1 Å². The van der Waals surface area contributed by atoms with Crippen LogP contribution in [0.2, 0.25) is 0 Å². The molecule has 28 heavy (non-hydrogen) atoms. The summed E-state index contributed by atoms with van der Waals surface area (Å²) in [6.45, 7) is 4.54. The molecule has 7 heteroatoms. The number of hydrogen-bond acceptors (Lipinski definition) is 5. The van der Waals surface area contributed by atoms with Crippen molar-refractivity contribution in [2.75, 3.05) is 18.1 Å². The highest BCUT2D eigenvalue weighted by atomic mass is 19.1. The number of ether oxygens (including phenoxy) is 1. The highest BCUT2D eigenvalue weighted by molar-refractivity contribution is 5.97. The van der Waals surface area contributed by atoms with Gasteiger partial charge in [-0.05, 0) is 38.1 Å². The second-order valence-corrected chi connectivity index (χ2v) is 6.71. The van der Waals surface area contributed by atoms with Gasteiger partial charge in [0.05, 0.1) is 12.5 Å². The molecule has 1 atom stereocenters. The second kappa shape index (κ2) is 7.42. The minimum Gasteiger partial charge on any atom is -0.494 e. The van der Waals surface area contributed by atoms with Crippen molar-refractivity contribution in [1.82, 2.24) is 10.1 Å². The van der Waals surface area contributed by atoms with E-state index in [1.807, 2.05) is 31.2 Å². The van der Waals surface area contributed by atoms with Crippen LogP contribution in [-0.4, -0.2) is 29.2 Å². The molecule has 0 spiro atoms. The van der Waals surface area contributed by atoms with Crippen molar-refractivity contribution in [3.05, 3.63) is 59.7 Å². The van der Waals surface area contributed by atoms with E-state index in [0.717, 1.165) is 11.3 Å². The molecule has 1 fully saturated rings. The zero-order valence-electron chi connectivity index (χ0n) is 15.7. The standard InChI is InChI=1S/C21H20FN3O3/c1-3-27-16-7-4-6-14(10-16)20-23-21(28-24-20)15-11-19(26)25(12-15)18-9-5-8-17(22)13(18)2/h4-10,15H,3,11-12H2,1-2H3. The van der Waals surface area contributed by atoms with E-state index in [0.29, 0.717) is 36.1 Å². The molecule has 1 saturated heterocycles. The summed E-state index contributed by atoms with van der Waals surface area (Å²) in [6, 6.07) is 12.2. The van der Waals surface area contributed by atoms with Gasteiger partial charge in [-0.3, -0.25) is 4.79 Å². The first-order valence-electron chi connectivity index (χ1n) is 9.19. The first-order chi connectivity index (χ1) is 13.6. The summed E-state index contributed by atoms with van der Waals surface area (Å²) in [5, 5.41) is 4.06. The lowest BCUT2D eigenvalue weighted by Crippen LogP contribution is -2.25. The molecular weight excluding hydrogens is 361 g/mol. The fraction of sp³-hybridized carbons (Fsp3) is 0.286. The van der Waals surface area contributed by atoms with Gasteiger partial charge in [-0.25, -0.2) is 4.39 Å². The Morgan fingerprint density at radius 1 is 1.29 bits per heavy atom. The van der Waals surface area contributed by atoms with Crippen LogP contribution in [0.25, 0.3) is 11.4 Å². The minimum absolute atomic E-state index is 0.0863. The molecule has 1 unspecified atom stereocenters. The Kier molecular flexibility index (Phi) is 4.81. The normalized spacial score (nSPS) is 16.6. The van der Waals surface area contributed by atoms with E-state index in [1.165, 1.54) is 6.07 Å². The number of aromatic nitrogens is 2. The van der Waals surface area contributed by atoms with Crippen LogP contribution in [0.4, 0.5) is 10.1 Å². The molecule has 1 aliphatic rings. The number of amides is 1. The molecule has 3 aromatic rings. The van der Waals surface area contributed by atoms with Gasteiger partial charge in [-0.1, -0.05) is 23.4 Å². The van der Waals surface area contributed by atoms with E-state index in [9.17, 15) is 9.18 Å². The molecule has 2 aromatic carbocycles. The Morgan fingerprint density at radius 2 is 2.11 bits per heavy atom. The maximum atomic E-state index is 13.9. The Balaban J connectivity index is 1.56. The Morgan fingerprint density at radius 3 is 2.93 bits per heavy atom. The monoisotopic (exact) mass is 381 g/mol. The molecule has 1 amide bonds. The van der Waals surface area contributed by atoms with Crippen LogP contribution >= 0.6 is 0 Å². The maximum Gasteiger partial charge on any atom is 0.232 e. The smallest absolute Gasteiger partial charge is 0.232 e. The SMILES string of the molecule is CCOc1cccc(-c2noc(C3CC(=O)N(c4cccc(F)c4C)C3)n2)c1. The van der Waals surface area contributed by atoms with Crippen molar-refractivity contribution in [3.63, 3.8) is 0 Å². The fourth-order valence-electron chi connectivity index (χ4n) is 3.40. The predicted octanol–water partition coefficient (Wildman–Crippen LogP) is 4.10. The summed E-state index contributed by atoms with van der Waals surface area (Å²) >= 11 is 0. The van der Waals surface area contributed by atoms with E-state index in [4.69, 9.17) is 9.26 Å². The molecular formula is C21H20FN3O3. The summed E-state index contributed by atoms with van der Waals surface area (Å²) in [5.74, 6) is 0.938. The van der Waals surface area contributed by atoms with E-state index in [1.54, 1.807) is 24.0 Å². The van der Waals surface area contributed by atoms with E-state index >= 15 is 0 Å². The topological polar surface area (TPSA) is 68.5 Å². The number of carbonyl (C=O) groups excluding carboxylic acids is 1. The predicted molar refractivity (Wildman–Crippen MR) is 102 cm³/mol.